The van der Waals surface area contributed by atoms with Gasteiger partial charge in [0.05, 0.1) is 13.2 Å². The van der Waals surface area contributed by atoms with Gasteiger partial charge in [0.1, 0.15) is 11.9 Å². The number of aliphatic hydroxyl groups excluding tert-OH is 2. The Bertz CT molecular complexity index is 269. The van der Waals surface area contributed by atoms with Crippen molar-refractivity contribution in [3.63, 3.8) is 0 Å². The number of unbranched alkanes of at least 4 members (excludes halogenated alkanes) is 1. The summed E-state index contributed by atoms with van der Waals surface area (Å²) in [6, 6.07) is 7.15. The monoisotopic (exact) mass is 210 g/mol. The Balaban J connectivity index is 2.49. The maximum atomic E-state index is 9.34. The van der Waals surface area contributed by atoms with Gasteiger partial charge in [-0.1, -0.05) is 25.5 Å². The molecule has 0 aliphatic rings. The van der Waals surface area contributed by atoms with E-state index in [4.69, 9.17) is 9.84 Å². The third-order valence-electron chi connectivity index (χ3n) is 2.20. The van der Waals surface area contributed by atoms with E-state index in [1.165, 1.54) is 0 Å². The molecule has 0 radical (unpaired) electrons. The van der Waals surface area contributed by atoms with Gasteiger partial charge in [0.2, 0.25) is 0 Å². The van der Waals surface area contributed by atoms with E-state index in [9.17, 15) is 5.11 Å². The molecule has 0 aliphatic heterocycles. The average Bonchev–Trinajstić information content (AvgIpc) is 2.29. The summed E-state index contributed by atoms with van der Waals surface area (Å²) < 4.78 is 5.47. The van der Waals surface area contributed by atoms with Crippen LogP contribution in [0, 0.1) is 0 Å². The number of benzene rings is 1. The van der Waals surface area contributed by atoms with Gasteiger partial charge in [-0.25, -0.2) is 0 Å². The topological polar surface area (TPSA) is 49.7 Å². The minimum Gasteiger partial charge on any atom is -0.494 e. The molecule has 15 heavy (non-hydrogen) atoms. The van der Waals surface area contributed by atoms with Crippen LogP contribution in [0.1, 0.15) is 31.4 Å². The average molecular weight is 210 g/mol. The van der Waals surface area contributed by atoms with Crippen LogP contribution in [0.4, 0.5) is 0 Å². The smallest absolute Gasteiger partial charge is 0.119 e. The molecule has 0 aliphatic carbocycles. The van der Waals surface area contributed by atoms with E-state index in [2.05, 4.69) is 6.92 Å². The predicted molar refractivity (Wildman–Crippen MR) is 58.9 cm³/mol. The van der Waals surface area contributed by atoms with Crippen molar-refractivity contribution in [2.24, 2.45) is 0 Å². The molecule has 1 atom stereocenters. The van der Waals surface area contributed by atoms with E-state index in [0.717, 1.165) is 25.2 Å². The highest BCUT2D eigenvalue weighted by Gasteiger charge is 2.04. The number of hydrogen-bond acceptors (Lipinski definition) is 3. The van der Waals surface area contributed by atoms with Gasteiger partial charge >= 0.3 is 0 Å². The number of hydrogen-bond donors (Lipinski definition) is 2. The molecule has 1 aromatic rings. The van der Waals surface area contributed by atoms with Crippen molar-refractivity contribution in [1.82, 2.24) is 0 Å². The number of ether oxygens (including phenoxy) is 1. The van der Waals surface area contributed by atoms with Crippen LogP contribution in [-0.2, 0) is 0 Å². The molecule has 3 nitrogen and oxygen atoms in total. The SMILES string of the molecule is CCCCOc1ccc(C(O)CO)cc1. The highest BCUT2D eigenvalue weighted by atomic mass is 16.5. The van der Waals surface area contributed by atoms with Crippen LogP contribution < -0.4 is 4.74 Å². The lowest BCUT2D eigenvalue weighted by molar-refractivity contribution is 0.0955. The molecular weight excluding hydrogens is 192 g/mol. The van der Waals surface area contributed by atoms with Gasteiger partial charge in [-0.05, 0) is 24.1 Å². The zero-order valence-electron chi connectivity index (χ0n) is 9.02. The van der Waals surface area contributed by atoms with Crippen molar-refractivity contribution < 1.29 is 14.9 Å². The Morgan fingerprint density at radius 1 is 1.27 bits per heavy atom. The van der Waals surface area contributed by atoms with Crippen molar-refractivity contribution in [1.29, 1.82) is 0 Å². The van der Waals surface area contributed by atoms with Crippen LogP contribution in [0.15, 0.2) is 24.3 Å². The van der Waals surface area contributed by atoms with Gasteiger partial charge in [0.15, 0.2) is 0 Å². The third kappa shape index (κ3) is 3.90. The first-order chi connectivity index (χ1) is 7.27. The molecule has 84 valence electrons. The number of rotatable bonds is 6. The van der Waals surface area contributed by atoms with Gasteiger partial charge in [0, 0.05) is 0 Å². The molecule has 3 heteroatoms. The van der Waals surface area contributed by atoms with Crippen LogP contribution in [0.25, 0.3) is 0 Å². The minimum absolute atomic E-state index is 0.254. The van der Waals surface area contributed by atoms with Crippen LogP contribution >= 0.6 is 0 Å². The lowest BCUT2D eigenvalue weighted by Gasteiger charge is -2.09. The van der Waals surface area contributed by atoms with Gasteiger partial charge in [-0.15, -0.1) is 0 Å². The Labute approximate surface area is 90.3 Å². The molecule has 0 fully saturated rings. The molecule has 1 aromatic carbocycles. The van der Waals surface area contributed by atoms with E-state index in [0.29, 0.717) is 5.56 Å². The maximum absolute atomic E-state index is 9.34. The fourth-order valence-electron chi connectivity index (χ4n) is 1.23. The summed E-state index contributed by atoms with van der Waals surface area (Å²) in [7, 11) is 0. The molecule has 0 saturated heterocycles. The summed E-state index contributed by atoms with van der Waals surface area (Å²) in [5.74, 6) is 0.803. The lowest BCUT2D eigenvalue weighted by atomic mass is 10.1. The fraction of sp³-hybridized carbons (Fsp3) is 0.500. The van der Waals surface area contributed by atoms with E-state index in [1.54, 1.807) is 12.1 Å². The molecule has 2 N–H and O–H groups in total. The summed E-state index contributed by atoms with van der Waals surface area (Å²) in [5, 5.41) is 18.1. The van der Waals surface area contributed by atoms with Gasteiger partial charge in [-0.3, -0.25) is 0 Å². The molecule has 1 unspecified atom stereocenters. The van der Waals surface area contributed by atoms with Gasteiger partial charge < -0.3 is 14.9 Å². The zero-order chi connectivity index (χ0) is 11.1. The highest BCUT2D eigenvalue weighted by Crippen LogP contribution is 2.17. The Morgan fingerprint density at radius 3 is 2.47 bits per heavy atom. The van der Waals surface area contributed by atoms with E-state index in [1.807, 2.05) is 12.1 Å². The standard InChI is InChI=1S/C12H18O3/c1-2-3-8-15-11-6-4-10(5-7-11)12(14)9-13/h4-7,12-14H,2-3,8-9H2,1H3. The summed E-state index contributed by atoms with van der Waals surface area (Å²) in [6.45, 7) is 2.58. The molecule has 0 heterocycles. The first-order valence-electron chi connectivity index (χ1n) is 5.29. The molecule has 0 spiro atoms. The summed E-state index contributed by atoms with van der Waals surface area (Å²) in [6.07, 6.45) is 1.36. The second-order valence-electron chi connectivity index (χ2n) is 3.47. The minimum atomic E-state index is -0.797. The van der Waals surface area contributed by atoms with Crippen LogP contribution in [0.5, 0.6) is 5.75 Å². The van der Waals surface area contributed by atoms with Crippen molar-refractivity contribution >= 4 is 0 Å². The highest BCUT2D eigenvalue weighted by molar-refractivity contribution is 5.28. The largest absolute Gasteiger partial charge is 0.494 e. The summed E-state index contributed by atoms with van der Waals surface area (Å²) >= 11 is 0. The molecule has 0 aromatic heterocycles. The van der Waals surface area contributed by atoms with Crippen molar-refractivity contribution in [3.8, 4) is 5.75 Å². The van der Waals surface area contributed by atoms with E-state index < -0.39 is 6.10 Å². The van der Waals surface area contributed by atoms with Crippen LogP contribution in [0.2, 0.25) is 0 Å². The summed E-state index contributed by atoms with van der Waals surface area (Å²) in [4.78, 5) is 0. The van der Waals surface area contributed by atoms with E-state index >= 15 is 0 Å². The van der Waals surface area contributed by atoms with E-state index in [-0.39, 0.29) is 6.61 Å². The second-order valence-corrected chi connectivity index (χ2v) is 3.47. The van der Waals surface area contributed by atoms with Crippen LogP contribution in [0.3, 0.4) is 0 Å². The first kappa shape index (κ1) is 12.0. The van der Waals surface area contributed by atoms with Gasteiger partial charge in [-0.2, -0.15) is 0 Å². The first-order valence-corrected chi connectivity index (χ1v) is 5.29. The quantitative estimate of drug-likeness (QED) is 0.705. The number of aliphatic hydroxyl groups is 2. The molecule has 0 bridgehead atoms. The third-order valence-corrected chi connectivity index (χ3v) is 2.20. The van der Waals surface area contributed by atoms with Crippen molar-refractivity contribution in [2.45, 2.75) is 25.9 Å². The normalized spacial score (nSPS) is 12.5. The van der Waals surface area contributed by atoms with Crippen molar-refractivity contribution in [2.75, 3.05) is 13.2 Å². The van der Waals surface area contributed by atoms with Crippen molar-refractivity contribution in [3.05, 3.63) is 29.8 Å². The molecule has 1 rings (SSSR count). The van der Waals surface area contributed by atoms with Gasteiger partial charge in [0.25, 0.3) is 0 Å². The summed E-state index contributed by atoms with van der Waals surface area (Å²) in [5.41, 5.74) is 0.709. The molecular formula is C12H18O3. The zero-order valence-corrected chi connectivity index (χ0v) is 9.02. The second kappa shape index (κ2) is 6.43. The predicted octanol–water partition coefficient (Wildman–Crippen LogP) is 1.89. The van der Waals surface area contributed by atoms with Crippen LogP contribution in [-0.4, -0.2) is 23.4 Å². The Hall–Kier alpha value is -1.06. The Morgan fingerprint density at radius 2 is 1.93 bits per heavy atom. The maximum Gasteiger partial charge on any atom is 0.119 e. The fourth-order valence-corrected chi connectivity index (χ4v) is 1.23. The lowest BCUT2D eigenvalue weighted by Crippen LogP contribution is -2.02. The Kier molecular flexibility index (Phi) is 5.15. The molecule has 0 amide bonds. The molecule has 0 saturated carbocycles.